The molecule has 1 fully saturated rings. The predicted octanol–water partition coefficient (Wildman–Crippen LogP) is 3.57. The molecule has 1 aromatic carbocycles. The molecule has 2 rings (SSSR count). The smallest absolute Gasteiger partial charge is 0.338 e. The van der Waals surface area contributed by atoms with Crippen molar-refractivity contribution in [2.45, 2.75) is 51.6 Å². The minimum absolute atomic E-state index is 0.105. The van der Waals surface area contributed by atoms with Crippen LogP contribution in [0.3, 0.4) is 0 Å². The SMILES string of the molecule is CCC1CCCC(OC(=O)c2ccccc2CCNC)C1. The summed E-state index contributed by atoms with van der Waals surface area (Å²) in [4.78, 5) is 12.4. The van der Waals surface area contributed by atoms with Crippen molar-refractivity contribution in [1.29, 1.82) is 0 Å². The van der Waals surface area contributed by atoms with Gasteiger partial charge < -0.3 is 10.1 Å². The molecular weight excluding hydrogens is 262 g/mol. The van der Waals surface area contributed by atoms with Gasteiger partial charge in [-0.15, -0.1) is 0 Å². The first-order valence-electron chi connectivity index (χ1n) is 8.18. The van der Waals surface area contributed by atoms with E-state index in [1.54, 1.807) is 0 Å². The van der Waals surface area contributed by atoms with E-state index in [0.717, 1.165) is 42.9 Å². The summed E-state index contributed by atoms with van der Waals surface area (Å²) in [6, 6.07) is 7.79. The number of hydrogen-bond acceptors (Lipinski definition) is 3. The van der Waals surface area contributed by atoms with E-state index >= 15 is 0 Å². The number of ether oxygens (including phenoxy) is 1. The van der Waals surface area contributed by atoms with Crippen molar-refractivity contribution >= 4 is 5.97 Å². The van der Waals surface area contributed by atoms with Crippen LogP contribution < -0.4 is 5.32 Å². The summed E-state index contributed by atoms with van der Waals surface area (Å²) in [5.41, 5.74) is 1.80. The molecule has 2 unspecified atom stereocenters. The van der Waals surface area contributed by atoms with Crippen LogP contribution in [0.2, 0.25) is 0 Å². The fourth-order valence-electron chi connectivity index (χ4n) is 3.13. The number of esters is 1. The van der Waals surface area contributed by atoms with Gasteiger partial charge in [0.05, 0.1) is 5.56 Å². The monoisotopic (exact) mass is 289 g/mol. The largest absolute Gasteiger partial charge is 0.459 e. The van der Waals surface area contributed by atoms with Crippen molar-refractivity contribution in [2.75, 3.05) is 13.6 Å². The highest BCUT2D eigenvalue weighted by Gasteiger charge is 2.24. The van der Waals surface area contributed by atoms with Gasteiger partial charge in [0.1, 0.15) is 6.10 Å². The number of carbonyl (C=O) groups is 1. The molecule has 2 atom stereocenters. The Kier molecular flexibility index (Phi) is 6.24. The van der Waals surface area contributed by atoms with E-state index in [2.05, 4.69) is 12.2 Å². The fourth-order valence-corrected chi connectivity index (χ4v) is 3.13. The van der Waals surface area contributed by atoms with Crippen LogP contribution in [0, 0.1) is 5.92 Å². The molecule has 21 heavy (non-hydrogen) atoms. The Balaban J connectivity index is 1.99. The van der Waals surface area contributed by atoms with Crippen LogP contribution in [0.4, 0.5) is 0 Å². The molecule has 0 radical (unpaired) electrons. The van der Waals surface area contributed by atoms with E-state index in [9.17, 15) is 4.79 Å². The Bertz CT molecular complexity index is 458. The van der Waals surface area contributed by atoms with Gasteiger partial charge in [-0.1, -0.05) is 38.0 Å². The molecule has 0 saturated heterocycles. The van der Waals surface area contributed by atoms with E-state index in [1.165, 1.54) is 19.3 Å². The third-order valence-corrected chi connectivity index (χ3v) is 4.47. The maximum absolute atomic E-state index is 12.4. The summed E-state index contributed by atoms with van der Waals surface area (Å²) in [5, 5.41) is 3.13. The summed E-state index contributed by atoms with van der Waals surface area (Å²) in [6.45, 7) is 3.09. The summed E-state index contributed by atoms with van der Waals surface area (Å²) in [5.74, 6) is 0.569. The number of hydrogen-bond donors (Lipinski definition) is 1. The quantitative estimate of drug-likeness (QED) is 0.814. The lowest BCUT2D eigenvalue weighted by Gasteiger charge is -2.28. The second-order valence-corrected chi connectivity index (χ2v) is 5.98. The zero-order valence-corrected chi connectivity index (χ0v) is 13.2. The molecule has 3 nitrogen and oxygen atoms in total. The van der Waals surface area contributed by atoms with Crippen molar-refractivity contribution < 1.29 is 9.53 Å². The Morgan fingerprint density at radius 3 is 2.90 bits per heavy atom. The highest BCUT2D eigenvalue weighted by molar-refractivity contribution is 5.91. The van der Waals surface area contributed by atoms with Gasteiger partial charge in [0.25, 0.3) is 0 Å². The molecule has 0 bridgehead atoms. The molecule has 1 saturated carbocycles. The second kappa shape index (κ2) is 8.18. The second-order valence-electron chi connectivity index (χ2n) is 5.98. The van der Waals surface area contributed by atoms with E-state index in [1.807, 2.05) is 31.3 Å². The zero-order chi connectivity index (χ0) is 15.1. The van der Waals surface area contributed by atoms with Crippen molar-refractivity contribution in [3.8, 4) is 0 Å². The predicted molar refractivity (Wildman–Crippen MR) is 85.5 cm³/mol. The topological polar surface area (TPSA) is 38.3 Å². The molecule has 3 heteroatoms. The third kappa shape index (κ3) is 4.57. The molecule has 1 aromatic rings. The molecule has 0 aromatic heterocycles. The van der Waals surface area contributed by atoms with Gasteiger partial charge in [0.15, 0.2) is 0 Å². The standard InChI is InChI=1S/C18H27NO2/c1-3-14-7-6-9-16(13-14)21-18(20)17-10-5-4-8-15(17)11-12-19-2/h4-5,8,10,14,16,19H,3,6-7,9,11-13H2,1-2H3. The molecular formula is C18H27NO2. The fraction of sp³-hybridized carbons (Fsp3) is 0.611. The molecule has 1 aliphatic carbocycles. The number of nitrogens with one attached hydrogen (secondary N) is 1. The molecule has 116 valence electrons. The minimum Gasteiger partial charge on any atom is -0.459 e. The van der Waals surface area contributed by atoms with Crippen LogP contribution in [0.1, 0.15) is 54.9 Å². The van der Waals surface area contributed by atoms with Gasteiger partial charge in [-0.2, -0.15) is 0 Å². The number of rotatable bonds is 6. The van der Waals surface area contributed by atoms with Crippen LogP contribution in [0.15, 0.2) is 24.3 Å². The van der Waals surface area contributed by atoms with Gasteiger partial charge in [-0.3, -0.25) is 0 Å². The van der Waals surface area contributed by atoms with E-state index < -0.39 is 0 Å². The van der Waals surface area contributed by atoms with Crippen LogP contribution in [0.25, 0.3) is 0 Å². The van der Waals surface area contributed by atoms with Crippen molar-refractivity contribution in [3.05, 3.63) is 35.4 Å². The lowest BCUT2D eigenvalue weighted by Crippen LogP contribution is -2.26. The molecule has 0 heterocycles. The van der Waals surface area contributed by atoms with E-state index in [0.29, 0.717) is 0 Å². The normalized spacial score (nSPS) is 22.0. The van der Waals surface area contributed by atoms with Gasteiger partial charge in [-0.25, -0.2) is 4.79 Å². The maximum Gasteiger partial charge on any atom is 0.338 e. The molecule has 1 aliphatic rings. The van der Waals surface area contributed by atoms with Crippen LogP contribution in [-0.2, 0) is 11.2 Å². The first kappa shape index (κ1) is 16.0. The van der Waals surface area contributed by atoms with Crippen LogP contribution in [0.5, 0.6) is 0 Å². The molecule has 0 aliphatic heterocycles. The third-order valence-electron chi connectivity index (χ3n) is 4.47. The number of likely N-dealkylation sites (N-methyl/N-ethyl adjacent to an activating group) is 1. The number of carbonyl (C=O) groups excluding carboxylic acids is 1. The first-order valence-corrected chi connectivity index (χ1v) is 8.18. The van der Waals surface area contributed by atoms with Crippen molar-refractivity contribution in [2.24, 2.45) is 5.92 Å². The molecule has 0 amide bonds. The lowest BCUT2D eigenvalue weighted by atomic mass is 9.85. The summed E-state index contributed by atoms with van der Waals surface area (Å²) >= 11 is 0. The Morgan fingerprint density at radius 2 is 2.14 bits per heavy atom. The molecule has 1 N–H and O–H groups in total. The average molecular weight is 289 g/mol. The lowest BCUT2D eigenvalue weighted by molar-refractivity contribution is 0.0139. The Hall–Kier alpha value is -1.35. The zero-order valence-electron chi connectivity index (χ0n) is 13.2. The Labute approximate surface area is 128 Å². The highest BCUT2D eigenvalue weighted by atomic mass is 16.5. The summed E-state index contributed by atoms with van der Waals surface area (Å²) < 4.78 is 5.77. The average Bonchev–Trinajstić information content (AvgIpc) is 2.53. The highest BCUT2D eigenvalue weighted by Crippen LogP contribution is 2.29. The molecule has 0 spiro atoms. The van der Waals surface area contributed by atoms with Gasteiger partial charge in [-0.05, 0) is 56.8 Å². The summed E-state index contributed by atoms with van der Waals surface area (Å²) in [7, 11) is 1.92. The summed E-state index contributed by atoms with van der Waals surface area (Å²) in [6.07, 6.45) is 6.65. The van der Waals surface area contributed by atoms with E-state index in [-0.39, 0.29) is 12.1 Å². The van der Waals surface area contributed by atoms with Gasteiger partial charge >= 0.3 is 5.97 Å². The maximum atomic E-state index is 12.4. The van der Waals surface area contributed by atoms with Gasteiger partial charge in [0, 0.05) is 0 Å². The van der Waals surface area contributed by atoms with Crippen molar-refractivity contribution in [3.63, 3.8) is 0 Å². The Morgan fingerprint density at radius 1 is 1.33 bits per heavy atom. The minimum atomic E-state index is -0.150. The van der Waals surface area contributed by atoms with Crippen molar-refractivity contribution in [1.82, 2.24) is 5.32 Å². The first-order chi connectivity index (χ1) is 10.2. The van der Waals surface area contributed by atoms with Crippen LogP contribution in [-0.4, -0.2) is 25.7 Å². The number of benzene rings is 1. The van der Waals surface area contributed by atoms with E-state index in [4.69, 9.17) is 4.74 Å². The van der Waals surface area contributed by atoms with Gasteiger partial charge in [0.2, 0.25) is 0 Å². The van der Waals surface area contributed by atoms with Crippen LogP contribution >= 0.6 is 0 Å².